The zero-order chi connectivity index (χ0) is 35.9. The van der Waals surface area contributed by atoms with Crippen molar-refractivity contribution in [3.63, 3.8) is 0 Å². The maximum atomic E-state index is 8.30. The van der Waals surface area contributed by atoms with Crippen molar-refractivity contribution in [2.75, 3.05) is 37.0 Å². The number of ether oxygens (including phenoxy) is 1. The summed E-state index contributed by atoms with van der Waals surface area (Å²) in [5, 5.41) is 0.384. The molecule has 0 bridgehead atoms. The highest BCUT2D eigenvalue weighted by Gasteiger charge is 2.49. The predicted octanol–water partition coefficient (Wildman–Crippen LogP) is 8.20. The van der Waals surface area contributed by atoms with E-state index < -0.39 is 7.00 Å². The van der Waals surface area contributed by atoms with Gasteiger partial charge in [-0.05, 0) is 87.8 Å². The SMILES string of the molecule is [2H]C([2H])N(Cc1ccc(OC)cc1)c1nccc(Sc2c(C)nc(N3CCC4(CC3)Cc3ncccc3[C@H]4NSC(C)(C)C)n3ccnc23)c1Cl. The van der Waals surface area contributed by atoms with Crippen molar-refractivity contribution < 1.29 is 7.48 Å². The minimum absolute atomic E-state index is 0.0957. The Labute approximate surface area is 305 Å². The van der Waals surface area contributed by atoms with Gasteiger partial charge in [0.1, 0.15) is 11.6 Å². The van der Waals surface area contributed by atoms with Gasteiger partial charge in [0.05, 0.1) is 28.8 Å². The first-order valence-corrected chi connectivity index (χ1v) is 18.5. The van der Waals surface area contributed by atoms with Crippen LogP contribution in [0.3, 0.4) is 0 Å². The second-order valence-corrected chi connectivity index (χ2v) is 16.9. The van der Waals surface area contributed by atoms with E-state index in [-0.39, 0.29) is 16.2 Å². The van der Waals surface area contributed by atoms with Crippen LogP contribution < -0.4 is 19.3 Å². The Kier molecular flexibility index (Phi) is 8.77. The van der Waals surface area contributed by atoms with Gasteiger partial charge < -0.3 is 14.5 Å². The number of rotatable bonds is 9. The van der Waals surface area contributed by atoms with E-state index in [1.54, 1.807) is 18.2 Å². The van der Waals surface area contributed by atoms with Crippen molar-refractivity contribution in [2.24, 2.45) is 5.41 Å². The fourth-order valence-corrected chi connectivity index (χ4v) is 9.02. The van der Waals surface area contributed by atoms with E-state index in [4.69, 9.17) is 34.0 Å². The minimum Gasteiger partial charge on any atom is -0.497 e. The molecule has 1 atom stereocenters. The van der Waals surface area contributed by atoms with E-state index >= 15 is 0 Å². The number of nitrogens with one attached hydrogen (secondary N) is 1. The molecule has 1 aliphatic heterocycles. The number of benzene rings is 1. The third-order valence-corrected chi connectivity index (χ3v) is 12.1. The highest BCUT2D eigenvalue weighted by molar-refractivity contribution is 7.99. The number of pyridine rings is 2. The van der Waals surface area contributed by atoms with Crippen LogP contribution in [-0.2, 0) is 13.0 Å². The summed E-state index contributed by atoms with van der Waals surface area (Å²) in [6.45, 7) is 9.50. The lowest BCUT2D eigenvalue weighted by Gasteiger charge is -2.44. The monoisotopic (exact) mass is 716 g/mol. The Bertz CT molecular complexity index is 2010. The van der Waals surface area contributed by atoms with E-state index in [1.807, 2.05) is 67.8 Å². The maximum absolute atomic E-state index is 8.30. The number of aromatic nitrogens is 5. The van der Waals surface area contributed by atoms with Crippen molar-refractivity contribution in [3.8, 4) is 5.75 Å². The smallest absolute Gasteiger partial charge is 0.211 e. The lowest BCUT2D eigenvalue weighted by molar-refractivity contribution is 0.177. The van der Waals surface area contributed by atoms with Crippen molar-refractivity contribution in [3.05, 3.63) is 94.8 Å². The normalized spacial score (nSPS) is 17.8. The first-order valence-electron chi connectivity index (χ1n) is 17.6. The van der Waals surface area contributed by atoms with Gasteiger partial charge in [0, 0.05) is 69.5 Å². The lowest BCUT2D eigenvalue weighted by atomic mass is 9.73. The number of hydrogen-bond donors (Lipinski definition) is 1. The Morgan fingerprint density at radius 3 is 2.61 bits per heavy atom. The van der Waals surface area contributed by atoms with Gasteiger partial charge in [-0.25, -0.2) is 15.0 Å². The first kappa shape index (κ1) is 31.5. The molecule has 1 spiro atoms. The zero-order valence-electron chi connectivity index (χ0n) is 30.5. The molecule has 2 aliphatic rings. The van der Waals surface area contributed by atoms with Gasteiger partial charge in [-0.15, -0.1) is 0 Å². The van der Waals surface area contributed by atoms with Gasteiger partial charge in [0.2, 0.25) is 5.95 Å². The zero-order valence-corrected chi connectivity index (χ0v) is 30.9. The van der Waals surface area contributed by atoms with E-state index in [0.717, 1.165) is 70.7 Å². The van der Waals surface area contributed by atoms with Crippen LogP contribution in [0.1, 0.15) is 64.9 Å². The number of imidazole rings is 1. The summed E-state index contributed by atoms with van der Waals surface area (Å²) < 4.78 is 27.9. The fraction of sp³-hybridized carbons (Fsp3) is 0.405. The molecule has 49 heavy (non-hydrogen) atoms. The molecule has 5 aromatic rings. The van der Waals surface area contributed by atoms with E-state index in [1.165, 1.54) is 23.0 Å². The summed E-state index contributed by atoms with van der Waals surface area (Å²) in [6, 6.07) is 14.0. The van der Waals surface area contributed by atoms with Crippen molar-refractivity contribution in [2.45, 2.75) is 74.1 Å². The number of piperidine rings is 1. The summed E-state index contributed by atoms with van der Waals surface area (Å²) >= 11 is 10.3. The molecule has 0 amide bonds. The number of aryl methyl sites for hydroxylation is 1. The topological polar surface area (TPSA) is 83.7 Å². The van der Waals surface area contributed by atoms with Gasteiger partial charge in [-0.3, -0.25) is 14.1 Å². The van der Waals surface area contributed by atoms with Gasteiger partial charge in [-0.2, -0.15) is 0 Å². The number of nitrogens with zero attached hydrogens (tertiary/aromatic N) is 7. The van der Waals surface area contributed by atoms with Crippen LogP contribution in [0.25, 0.3) is 5.65 Å². The molecule has 1 fully saturated rings. The standard InChI is InChI=1S/C37H43ClN8OS2/c1-24-31(48-29-13-17-40-33(30(29)38)44(5)23-25-9-11-26(47-6)12-10-25)34-41-18-21-46(34)35(42-24)45-19-14-37(15-20-45)22-28-27(8-7-16-39-28)32(37)43-49-36(2,3)4/h7-13,16-18,21,32,43H,14-15,19-20,22-23H2,1-6H3/t32-/m1/s1/i5D2. The molecule has 0 radical (unpaired) electrons. The molecule has 4 aromatic heterocycles. The van der Waals surface area contributed by atoms with Crippen LogP contribution in [0.5, 0.6) is 5.75 Å². The highest BCUT2D eigenvalue weighted by atomic mass is 35.5. The second-order valence-electron chi connectivity index (χ2n) is 13.8. The average molecular weight is 717 g/mol. The minimum atomic E-state index is -1.32. The van der Waals surface area contributed by atoms with Crippen LogP contribution in [-0.4, -0.2) is 56.3 Å². The van der Waals surface area contributed by atoms with Crippen LogP contribution >= 0.6 is 35.3 Å². The first-order chi connectivity index (χ1) is 24.5. The Balaban J connectivity index is 1.12. The number of methoxy groups -OCH3 is 1. The largest absolute Gasteiger partial charge is 0.497 e. The molecule has 1 N–H and O–H groups in total. The Morgan fingerprint density at radius 2 is 1.88 bits per heavy atom. The van der Waals surface area contributed by atoms with E-state index in [9.17, 15) is 0 Å². The van der Waals surface area contributed by atoms with Gasteiger partial charge in [-0.1, -0.05) is 53.5 Å². The summed E-state index contributed by atoms with van der Waals surface area (Å²) in [4.78, 5) is 24.9. The van der Waals surface area contributed by atoms with Crippen LogP contribution in [0.2, 0.25) is 5.02 Å². The Hall–Kier alpha value is -3.51. The predicted molar refractivity (Wildman–Crippen MR) is 201 cm³/mol. The van der Waals surface area contributed by atoms with Crippen LogP contribution in [0.4, 0.5) is 11.8 Å². The molecular weight excluding hydrogens is 672 g/mol. The van der Waals surface area contributed by atoms with Crippen molar-refractivity contribution >= 4 is 52.7 Å². The van der Waals surface area contributed by atoms with Gasteiger partial charge in [0.15, 0.2) is 5.65 Å². The molecule has 256 valence electrons. The highest BCUT2D eigenvalue weighted by Crippen LogP contribution is 2.53. The molecule has 0 unspecified atom stereocenters. The summed E-state index contributed by atoms with van der Waals surface area (Å²) in [7, 11) is 1.62. The summed E-state index contributed by atoms with van der Waals surface area (Å²) in [6.07, 6.45) is 10.4. The van der Waals surface area contributed by atoms with Gasteiger partial charge >= 0.3 is 0 Å². The molecule has 0 saturated carbocycles. The average Bonchev–Trinajstić information content (AvgIpc) is 3.71. The second kappa shape index (κ2) is 13.7. The van der Waals surface area contributed by atoms with Crippen LogP contribution in [0.15, 0.2) is 77.0 Å². The maximum Gasteiger partial charge on any atom is 0.211 e. The summed E-state index contributed by atoms with van der Waals surface area (Å²) in [5.74, 6) is 2.01. The molecule has 7 rings (SSSR count). The van der Waals surface area contributed by atoms with Crippen molar-refractivity contribution in [1.82, 2.24) is 29.1 Å². The quantitative estimate of drug-likeness (QED) is 0.151. The Morgan fingerprint density at radius 1 is 1.08 bits per heavy atom. The van der Waals surface area contributed by atoms with Gasteiger partial charge in [0.25, 0.3) is 0 Å². The number of fused-ring (bicyclic) bond motifs is 2. The summed E-state index contributed by atoms with van der Waals surface area (Å²) in [5.41, 5.74) is 5.23. The fourth-order valence-electron chi connectivity index (χ4n) is 6.87. The lowest BCUT2D eigenvalue weighted by Crippen LogP contribution is -2.46. The number of halogens is 1. The molecule has 5 heterocycles. The number of hydrogen-bond acceptors (Lipinski definition) is 10. The third kappa shape index (κ3) is 6.82. The van der Waals surface area contributed by atoms with E-state index in [2.05, 4.69) is 51.9 Å². The molecule has 9 nitrogen and oxygen atoms in total. The molecule has 1 aliphatic carbocycles. The molecular formula is C37H43ClN8OS2. The molecule has 12 heteroatoms. The molecule has 1 saturated heterocycles. The molecule has 1 aromatic carbocycles. The van der Waals surface area contributed by atoms with Crippen molar-refractivity contribution in [1.29, 1.82) is 0 Å². The van der Waals surface area contributed by atoms with E-state index in [0.29, 0.717) is 17.4 Å². The third-order valence-electron chi connectivity index (χ3n) is 9.38. The van der Waals surface area contributed by atoms with Crippen LogP contribution in [0, 0.1) is 12.3 Å². The number of anilines is 2.